The largest absolute Gasteiger partial charge is 0.472 e. The standard InChI is InChI=1S/C72H136O17P2/c1-5-9-13-17-21-25-28-31-33-36-39-43-47-51-55-59-72(77)89-68(63-83-70(75)57-53-49-45-41-37-35-32-29-26-22-18-14-10-6-2)65-87-91(80,81)85-61-66(73)60-84-90(78,79)86-64-67(62-82-69(74)56-52-48-44-40-24-20-16-12-8-4)88-71(76)58-54-50-46-42-38-34-30-27-23-19-15-11-7-3/h25,28,31,33,66-68,73H,5-24,26-27,29-30,32,34-65H2,1-4H3,(H,78,79)(H,80,81)/b28-25-,33-31-/t66-,67+,68+/m0/s1. The van der Waals surface area contributed by atoms with Crippen LogP contribution in [0.3, 0.4) is 0 Å². The second kappa shape index (κ2) is 66.2. The Kier molecular flexibility index (Phi) is 64.4. The molecule has 0 rings (SSSR count). The minimum absolute atomic E-state index is 0.0859. The van der Waals surface area contributed by atoms with Gasteiger partial charge in [0.05, 0.1) is 26.4 Å². The minimum Gasteiger partial charge on any atom is -0.462 e. The molecule has 5 atom stereocenters. The molecule has 0 aliphatic carbocycles. The molecule has 2 unspecified atom stereocenters. The molecular weight excluding hydrogens is 1200 g/mol. The number of ether oxygens (including phenoxy) is 4. The highest BCUT2D eigenvalue weighted by Gasteiger charge is 2.30. The van der Waals surface area contributed by atoms with Gasteiger partial charge in [-0.1, -0.05) is 302 Å². The van der Waals surface area contributed by atoms with Crippen LogP contribution >= 0.6 is 15.6 Å². The molecule has 0 fully saturated rings. The van der Waals surface area contributed by atoms with Gasteiger partial charge < -0.3 is 33.8 Å². The Morgan fingerprint density at radius 3 is 0.802 bits per heavy atom. The maximum Gasteiger partial charge on any atom is 0.472 e. The molecule has 19 heteroatoms. The van der Waals surface area contributed by atoms with Crippen molar-refractivity contribution in [2.24, 2.45) is 0 Å². The fraction of sp³-hybridized carbons (Fsp3) is 0.889. The van der Waals surface area contributed by atoms with E-state index in [9.17, 15) is 43.2 Å². The summed E-state index contributed by atoms with van der Waals surface area (Å²) in [5.41, 5.74) is 0. The second-order valence-electron chi connectivity index (χ2n) is 25.3. The van der Waals surface area contributed by atoms with Gasteiger partial charge >= 0.3 is 39.5 Å². The lowest BCUT2D eigenvalue weighted by Crippen LogP contribution is -2.30. The minimum atomic E-state index is -4.96. The van der Waals surface area contributed by atoms with E-state index in [0.717, 1.165) is 103 Å². The predicted octanol–water partition coefficient (Wildman–Crippen LogP) is 20.6. The molecule has 0 aromatic carbocycles. The van der Waals surface area contributed by atoms with Gasteiger partial charge in [-0.05, 0) is 51.4 Å². The van der Waals surface area contributed by atoms with Crippen LogP contribution in [0.4, 0.5) is 0 Å². The third-order valence-corrected chi connectivity index (χ3v) is 18.1. The Balaban J connectivity index is 5.27. The Hall–Kier alpha value is -2.46. The van der Waals surface area contributed by atoms with Crippen LogP contribution < -0.4 is 0 Å². The fourth-order valence-corrected chi connectivity index (χ4v) is 12.1. The highest BCUT2D eigenvalue weighted by molar-refractivity contribution is 7.47. The van der Waals surface area contributed by atoms with Crippen molar-refractivity contribution in [2.45, 2.75) is 373 Å². The van der Waals surface area contributed by atoms with Gasteiger partial charge in [0, 0.05) is 25.7 Å². The number of allylic oxidation sites excluding steroid dienone is 4. The highest BCUT2D eigenvalue weighted by atomic mass is 31.2. The van der Waals surface area contributed by atoms with Crippen LogP contribution in [0.1, 0.15) is 355 Å². The lowest BCUT2D eigenvalue weighted by Gasteiger charge is -2.21. The van der Waals surface area contributed by atoms with Crippen LogP contribution in [0.25, 0.3) is 0 Å². The van der Waals surface area contributed by atoms with Gasteiger partial charge in [0.15, 0.2) is 12.2 Å². The summed E-state index contributed by atoms with van der Waals surface area (Å²) in [6.45, 7) is 4.88. The summed E-state index contributed by atoms with van der Waals surface area (Å²) in [5.74, 6) is -2.15. The summed E-state index contributed by atoms with van der Waals surface area (Å²) < 4.78 is 68.3. The first-order valence-electron chi connectivity index (χ1n) is 37.1. The van der Waals surface area contributed by atoms with Crippen LogP contribution in [0, 0.1) is 0 Å². The van der Waals surface area contributed by atoms with E-state index >= 15 is 0 Å². The smallest absolute Gasteiger partial charge is 0.462 e. The first-order valence-corrected chi connectivity index (χ1v) is 40.1. The van der Waals surface area contributed by atoms with Crippen LogP contribution in [0.2, 0.25) is 0 Å². The van der Waals surface area contributed by atoms with E-state index in [4.69, 9.17) is 37.0 Å². The Morgan fingerprint density at radius 2 is 0.527 bits per heavy atom. The zero-order chi connectivity index (χ0) is 66.8. The molecule has 0 amide bonds. The molecule has 0 radical (unpaired) electrons. The second-order valence-corrected chi connectivity index (χ2v) is 28.2. The van der Waals surface area contributed by atoms with Crippen molar-refractivity contribution >= 4 is 39.5 Å². The van der Waals surface area contributed by atoms with E-state index in [1.54, 1.807) is 0 Å². The van der Waals surface area contributed by atoms with Crippen LogP contribution in [-0.2, 0) is 65.4 Å². The molecule has 0 aromatic heterocycles. The number of carbonyl (C=O) groups excluding carboxylic acids is 4. The van der Waals surface area contributed by atoms with Crippen molar-refractivity contribution in [2.75, 3.05) is 39.6 Å². The monoisotopic (exact) mass is 1330 g/mol. The summed E-state index contributed by atoms with van der Waals surface area (Å²) in [4.78, 5) is 72.6. The number of carbonyl (C=O) groups is 4. The molecule has 0 bridgehead atoms. The highest BCUT2D eigenvalue weighted by Crippen LogP contribution is 2.45. The molecule has 0 heterocycles. The van der Waals surface area contributed by atoms with Crippen LogP contribution in [0.5, 0.6) is 0 Å². The van der Waals surface area contributed by atoms with Gasteiger partial charge in [-0.2, -0.15) is 0 Å². The van der Waals surface area contributed by atoms with Gasteiger partial charge in [0.1, 0.15) is 19.3 Å². The maximum atomic E-state index is 13.0. The van der Waals surface area contributed by atoms with Gasteiger partial charge in [-0.15, -0.1) is 0 Å². The van der Waals surface area contributed by atoms with Crippen molar-refractivity contribution in [1.29, 1.82) is 0 Å². The van der Waals surface area contributed by atoms with Gasteiger partial charge in [0.25, 0.3) is 0 Å². The van der Waals surface area contributed by atoms with E-state index in [0.29, 0.717) is 25.7 Å². The van der Waals surface area contributed by atoms with E-state index in [1.807, 2.05) is 0 Å². The SMILES string of the molecule is CCCCCC/C=C\C=C/CCCCCCCC(=O)O[C@H](COC(=O)CCCCCCCCCCCCCCCC)COP(=O)(O)OC[C@@H](O)COP(=O)(O)OC[C@@H](COC(=O)CCCCCCCCCCC)OC(=O)CCCCCCCCCCCCCCC. The average Bonchev–Trinajstić information content (AvgIpc) is 3.65. The summed E-state index contributed by atoms with van der Waals surface area (Å²) in [5, 5.41) is 10.6. The number of phosphoric ester groups is 2. The molecule has 0 aromatic rings. The molecule has 0 saturated carbocycles. The zero-order valence-electron chi connectivity index (χ0n) is 58.3. The molecular formula is C72H136O17P2. The third kappa shape index (κ3) is 66.0. The number of aliphatic hydroxyl groups is 1. The van der Waals surface area contributed by atoms with Crippen molar-refractivity contribution in [3.05, 3.63) is 24.3 Å². The topological polar surface area (TPSA) is 237 Å². The number of hydrogen-bond acceptors (Lipinski definition) is 15. The molecule has 0 spiro atoms. The normalized spacial score (nSPS) is 14.1. The molecule has 0 aliphatic rings. The van der Waals surface area contributed by atoms with E-state index in [-0.39, 0.29) is 25.7 Å². The number of esters is 4. The predicted molar refractivity (Wildman–Crippen MR) is 368 cm³/mol. The van der Waals surface area contributed by atoms with Crippen LogP contribution in [0.15, 0.2) is 24.3 Å². The van der Waals surface area contributed by atoms with Crippen molar-refractivity contribution < 1.29 is 80.2 Å². The molecule has 536 valence electrons. The van der Waals surface area contributed by atoms with Crippen LogP contribution in [-0.4, -0.2) is 96.7 Å². The van der Waals surface area contributed by atoms with Gasteiger partial charge in [-0.3, -0.25) is 37.3 Å². The van der Waals surface area contributed by atoms with E-state index in [2.05, 4.69) is 52.0 Å². The summed E-state index contributed by atoms with van der Waals surface area (Å²) in [6, 6.07) is 0. The number of hydrogen-bond donors (Lipinski definition) is 3. The molecule has 3 N–H and O–H groups in total. The maximum absolute atomic E-state index is 13.0. The Labute approximate surface area is 554 Å². The summed E-state index contributed by atoms with van der Waals surface area (Å²) in [6.07, 6.45) is 57.5. The van der Waals surface area contributed by atoms with Crippen molar-refractivity contribution in [1.82, 2.24) is 0 Å². The lowest BCUT2D eigenvalue weighted by molar-refractivity contribution is -0.161. The molecule has 17 nitrogen and oxygen atoms in total. The lowest BCUT2D eigenvalue weighted by atomic mass is 10.0. The summed E-state index contributed by atoms with van der Waals surface area (Å²) >= 11 is 0. The van der Waals surface area contributed by atoms with Gasteiger partial charge in [0.2, 0.25) is 0 Å². The van der Waals surface area contributed by atoms with E-state index in [1.165, 1.54) is 173 Å². The third-order valence-electron chi connectivity index (χ3n) is 16.2. The van der Waals surface area contributed by atoms with Crippen molar-refractivity contribution in [3.63, 3.8) is 0 Å². The van der Waals surface area contributed by atoms with E-state index < -0.39 is 97.5 Å². The number of unbranched alkanes of at least 4 members (excludes halogenated alkanes) is 42. The fourth-order valence-electron chi connectivity index (χ4n) is 10.5. The molecule has 0 aliphatic heterocycles. The first kappa shape index (κ1) is 88.5. The van der Waals surface area contributed by atoms with Gasteiger partial charge in [-0.25, -0.2) is 9.13 Å². The first-order chi connectivity index (χ1) is 44.2. The summed E-state index contributed by atoms with van der Waals surface area (Å²) in [7, 11) is -9.91. The number of rotatable bonds is 71. The molecule has 91 heavy (non-hydrogen) atoms. The average molecular weight is 1340 g/mol. The van der Waals surface area contributed by atoms with Crippen molar-refractivity contribution in [3.8, 4) is 0 Å². The Bertz CT molecular complexity index is 1830. The molecule has 0 saturated heterocycles. The number of aliphatic hydroxyl groups excluding tert-OH is 1. The zero-order valence-corrected chi connectivity index (χ0v) is 60.1. The number of phosphoric acid groups is 2. The Morgan fingerprint density at radius 1 is 0.308 bits per heavy atom. The quantitative estimate of drug-likeness (QED) is 0.0169.